The molecule has 0 bridgehead atoms. The van der Waals surface area contributed by atoms with Crippen molar-refractivity contribution >= 4 is 17.4 Å². The summed E-state index contributed by atoms with van der Waals surface area (Å²) in [7, 11) is 0. The maximum absolute atomic E-state index is 10.6. The summed E-state index contributed by atoms with van der Waals surface area (Å²) < 4.78 is 0. The SMILES string of the molecule is CCSCCC(C)NC(C)c1ccc([N+](=O)[O-])cc1. The summed E-state index contributed by atoms with van der Waals surface area (Å²) in [6.07, 6.45) is 1.13. The normalized spacial score (nSPS) is 14.1. The zero-order valence-electron chi connectivity index (χ0n) is 11.8. The lowest BCUT2D eigenvalue weighted by Gasteiger charge is -2.20. The number of thioether (sulfide) groups is 1. The molecule has 0 radical (unpaired) electrons. The second-order valence-corrected chi connectivity index (χ2v) is 6.02. The number of benzene rings is 1. The second kappa shape index (κ2) is 8.17. The number of hydrogen-bond acceptors (Lipinski definition) is 4. The third-order valence-electron chi connectivity index (χ3n) is 3.04. The van der Waals surface area contributed by atoms with Gasteiger partial charge in [-0.1, -0.05) is 19.1 Å². The Labute approximate surface area is 119 Å². The first-order valence-electron chi connectivity index (χ1n) is 6.62. The Kier molecular flexibility index (Phi) is 6.87. The Morgan fingerprint density at radius 1 is 1.32 bits per heavy atom. The van der Waals surface area contributed by atoms with Gasteiger partial charge in [-0.05, 0) is 37.3 Å². The summed E-state index contributed by atoms with van der Waals surface area (Å²) in [6, 6.07) is 7.43. The first-order chi connectivity index (χ1) is 9.04. The fraction of sp³-hybridized carbons (Fsp3) is 0.571. The first kappa shape index (κ1) is 16.0. The molecule has 1 rings (SSSR count). The third kappa shape index (κ3) is 5.61. The molecule has 19 heavy (non-hydrogen) atoms. The van der Waals surface area contributed by atoms with Crippen LogP contribution in [0.2, 0.25) is 0 Å². The second-order valence-electron chi connectivity index (χ2n) is 4.62. The molecular weight excluding hydrogens is 260 g/mol. The molecule has 0 saturated heterocycles. The van der Waals surface area contributed by atoms with E-state index in [0.717, 1.165) is 23.5 Å². The highest BCUT2D eigenvalue weighted by molar-refractivity contribution is 7.99. The zero-order chi connectivity index (χ0) is 14.3. The van der Waals surface area contributed by atoms with Crippen LogP contribution in [-0.2, 0) is 0 Å². The van der Waals surface area contributed by atoms with Gasteiger partial charge in [-0.15, -0.1) is 0 Å². The summed E-state index contributed by atoms with van der Waals surface area (Å²) in [5.41, 5.74) is 1.23. The van der Waals surface area contributed by atoms with Crippen molar-refractivity contribution in [1.29, 1.82) is 0 Å². The van der Waals surface area contributed by atoms with Crippen molar-refractivity contribution in [3.63, 3.8) is 0 Å². The molecule has 0 amide bonds. The van der Waals surface area contributed by atoms with Gasteiger partial charge in [-0.25, -0.2) is 0 Å². The fourth-order valence-corrected chi connectivity index (χ4v) is 2.70. The van der Waals surface area contributed by atoms with Gasteiger partial charge in [0.2, 0.25) is 0 Å². The van der Waals surface area contributed by atoms with E-state index in [-0.39, 0.29) is 16.7 Å². The molecule has 1 aromatic carbocycles. The van der Waals surface area contributed by atoms with Gasteiger partial charge >= 0.3 is 0 Å². The number of nitro benzene ring substituents is 1. The molecule has 0 aliphatic heterocycles. The van der Waals surface area contributed by atoms with Gasteiger partial charge in [0.15, 0.2) is 0 Å². The Morgan fingerprint density at radius 3 is 2.47 bits per heavy atom. The van der Waals surface area contributed by atoms with Gasteiger partial charge < -0.3 is 5.32 Å². The van der Waals surface area contributed by atoms with Crippen LogP contribution in [0.5, 0.6) is 0 Å². The van der Waals surface area contributed by atoms with E-state index in [4.69, 9.17) is 0 Å². The molecule has 1 N–H and O–H groups in total. The molecule has 0 saturated carbocycles. The van der Waals surface area contributed by atoms with E-state index in [0.29, 0.717) is 6.04 Å². The molecule has 0 heterocycles. The maximum Gasteiger partial charge on any atom is 0.269 e. The summed E-state index contributed by atoms with van der Waals surface area (Å²) in [5.74, 6) is 2.32. The summed E-state index contributed by atoms with van der Waals surface area (Å²) in [5, 5.41) is 14.1. The lowest BCUT2D eigenvalue weighted by atomic mass is 10.1. The summed E-state index contributed by atoms with van der Waals surface area (Å²) in [4.78, 5) is 10.2. The van der Waals surface area contributed by atoms with Gasteiger partial charge in [0.25, 0.3) is 5.69 Å². The van der Waals surface area contributed by atoms with Crippen molar-refractivity contribution in [2.75, 3.05) is 11.5 Å². The third-order valence-corrected chi connectivity index (χ3v) is 3.97. The van der Waals surface area contributed by atoms with Crippen LogP contribution in [0.15, 0.2) is 24.3 Å². The van der Waals surface area contributed by atoms with Gasteiger partial charge in [0, 0.05) is 24.2 Å². The van der Waals surface area contributed by atoms with Crippen molar-refractivity contribution in [2.45, 2.75) is 39.3 Å². The van der Waals surface area contributed by atoms with Crippen LogP contribution in [-0.4, -0.2) is 22.5 Å². The van der Waals surface area contributed by atoms with Crippen LogP contribution in [0.1, 0.15) is 38.8 Å². The minimum atomic E-state index is -0.369. The van der Waals surface area contributed by atoms with E-state index in [1.54, 1.807) is 12.1 Å². The van der Waals surface area contributed by atoms with Gasteiger partial charge in [0.05, 0.1) is 4.92 Å². The minimum Gasteiger partial charge on any atom is -0.308 e. The van der Waals surface area contributed by atoms with Crippen LogP contribution >= 0.6 is 11.8 Å². The molecule has 2 unspecified atom stereocenters. The Balaban J connectivity index is 2.48. The predicted octanol–water partition coefficient (Wildman–Crippen LogP) is 3.78. The highest BCUT2D eigenvalue weighted by atomic mass is 32.2. The number of nitrogens with zero attached hydrogens (tertiary/aromatic N) is 1. The van der Waals surface area contributed by atoms with Crippen molar-refractivity contribution in [3.8, 4) is 0 Å². The number of non-ortho nitro benzene ring substituents is 1. The molecule has 1 aromatic rings. The van der Waals surface area contributed by atoms with Crippen molar-refractivity contribution < 1.29 is 4.92 Å². The molecule has 0 spiro atoms. The number of nitro groups is 1. The van der Waals surface area contributed by atoms with Crippen LogP contribution < -0.4 is 5.32 Å². The molecule has 0 aromatic heterocycles. The topological polar surface area (TPSA) is 55.2 Å². The maximum atomic E-state index is 10.6. The average molecular weight is 282 g/mol. The summed E-state index contributed by atoms with van der Waals surface area (Å²) in [6.45, 7) is 6.44. The van der Waals surface area contributed by atoms with Gasteiger partial charge in [-0.2, -0.15) is 11.8 Å². The fourth-order valence-electron chi connectivity index (χ4n) is 1.90. The molecule has 0 fully saturated rings. The van der Waals surface area contributed by atoms with Crippen molar-refractivity contribution in [2.24, 2.45) is 0 Å². The number of hydrogen-bond donors (Lipinski definition) is 1. The molecule has 2 atom stereocenters. The Bertz CT molecular complexity index is 395. The summed E-state index contributed by atoms with van der Waals surface area (Å²) >= 11 is 1.95. The minimum absolute atomic E-state index is 0.142. The monoisotopic (exact) mass is 282 g/mol. The molecule has 5 heteroatoms. The quantitative estimate of drug-likeness (QED) is 0.448. The standard InChI is InChI=1S/C14H22N2O2S/c1-4-19-10-9-11(2)15-12(3)13-5-7-14(8-6-13)16(17)18/h5-8,11-12,15H,4,9-10H2,1-3H3. The van der Waals surface area contributed by atoms with Crippen molar-refractivity contribution in [3.05, 3.63) is 39.9 Å². The van der Waals surface area contributed by atoms with E-state index in [1.165, 1.54) is 0 Å². The Morgan fingerprint density at radius 2 is 1.95 bits per heavy atom. The van der Waals surface area contributed by atoms with Crippen molar-refractivity contribution in [1.82, 2.24) is 5.32 Å². The van der Waals surface area contributed by atoms with E-state index in [2.05, 4.69) is 26.1 Å². The van der Waals surface area contributed by atoms with E-state index < -0.39 is 0 Å². The highest BCUT2D eigenvalue weighted by Crippen LogP contribution is 2.18. The molecule has 106 valence electrons. The Hall–Kier alpha value is -1.07. The number of nitrogens with one attached hydrogen (secondary N) is 1. The zero-order valence-corrected chi connectivity index (χ0v) is 12.6. The molecule has 4 nitrogen and oxygen atoms in total. The highest BCUT2D eigenvalue weighted by Gasteiger charge is 2.11. The largest absolute Gasteiger partial charge is 0.308 e. The first-order valence-corrected chi connectivity index (χ1v) is 7.78. The lowest BCUT2D eigenvalue weighted by Crippen LogP contribution is -2.29. The van der Waals surface area contributed by atoms with Crippen LogP contribution in [0.25, 0.3) is 0 Å². The van der Waals surface area contributed by atoms with Gasteiger partial charge in [-0.3, -0.25) is 10.1 Å². The van der Waals surface area contributed by atoms with E-state index >= 15 is 0 Å². The predicted molar refractivity (Wildman–Crippen MR) is 81.7 cm³/mol. The number of rotatable bonds is 8. The van der Waals surface area contributed by atoms with Crippen LogP contribution in [0.4, 0.5) is 5.69 Å². The average Bonchev–Trinajstić information content (AvgIpc) is 2.39. The molecular formula is C14H22N2O2S. The lowest BCUT2D eigenvalue weighted by molar-refractivity contribution is -0.384. The van der Waals surface area contributed by atoms with Crippen LogP contribution in [0, 0.1) is 10.1 Å². The smallest absolute Gasteiger partial charge is 0.269 e. The molecule has 0 aliphatic carbocycles. The van der Waals surface area contributed by atoms with Crippen LogP contribution in [0.3, 0.4) is 0 Å². The van der Waals surface area contributed by atoms with E-state index in [9.17, 15) is 10.1 Å². The van der Waals surface area contributed by atoms with E-state index in [1.807, 2.05) is 23.9 Å². The molecule has 0 aliphatic rings. The van der Waals surface area contributed by atoms with Gasteiger partial charge in [0.1, 0.15) is 0 Å².